The van der Waals surface area contributed by atoms with Crippen LogP contribution < -0.4 is 62.5 Å². The van der Waals surface area contributed by atoms with Gasteiger partial charge in [-0.2, -0.15) is 0 Å². The summed E-state index contributed by atoms with van der Waals surface area (Å²) in [5, 5.41) is 102. The van der Waals surface area contributed by atoms with Crippen LogP contribution in [0, 0.1) is 5.92 Å². The number of carboxylic acid groups (broad SMARTS) is 1. The molecule has 11 bridgehead atoms. The molecule has 0 unspecified atom stereocenters. The topological polar surface area (TPSA) is 447 Å². The van der Waals surface area contributed by atoms with E-state index < -0.39 is 166 Å². The Balaban J connectivity index is 1.04. The van der Waals surface area contributed by atoms with Gasteiger partial charge >= 0.3 is 5.97 Å². The van der Waals surface area contributed by atoms with Crippen LogP contribution in [0.15, 0.2) is 127 Å². The van der Waals surface area contributed by atoms with Crippen LogP contribution in [-0.2, 0) is 54.4 Å². The molecule has 32 heteroatoms. The Morgan fingerprint density at radius 1 is 0.664 bits per heavy atom. The highest BCUT2D eigenvalue weighted by atomic mass is 35.5. The number of fused-ring (bicyclic) bond motifs is 15. The number of phenols is 3. The number of nitrogens with one attached hydrogen (secondary N) is 8. The number of aliphatic hydroxyl groups is 3. The molecule has 0 spiro atoms. The van der Waals surface area contributed by atoms with Gasteiger partial charge in [-0.1, -0.05) is 103 Å². The molecule has 7 amide bonds. The van der Waals surface area contributed by atoms with E-state index in [1.165, 1.54) is 49.5 Å². The number of carbonyl (C=O) groups is 8. The summed E-state index contributed by atoms with van der Waals surface area (Å²) < 4.78 is 32.4. The number of aliphatic hydroxyl groups excluding tert-OH is 3. The lowest BCUT2D eigenvalue weighted by Gasteiger charge is -2.45. The largest absolute Gasteiger partial charge is 0.508 e. The standard InChI is InChI=1S/C75H78Cl3N9O20/c1-33(2)22-48(80-5)68(95)86-62-64(92)39-13-18-52(46(77)24-39)106-54-26-41-27-55(66(54)104-21-20-103-57-31-75(4,67(94)34(3)105-57)81-32-35-6-8-36(9-7-35)37-10-15-42(76)16-11-37)107-53-19-14-40(25-47(53)78)65(93)63-73(100)85-61(74(101)102)45-28-43(88)29-51(90)58(45)44-23-38(12-17-50(44)89)59(70(97)87-63)84-71(98)60(41)83-69(96)49(30-56(79)91)82-72(62)99/h6-19,23-29,33-34,48-49,57,59-65,67,80-81,88-90,92-94H,20-22,30-32H2,1-5H3,(H2,79,91)(H,82,99)(H,83,96)(H,84,98)(H,85,100)(H,86,95)(H,87,97)(H,101,102)/t34-,48+,49-,57+,59+,60+,61-,62+,63-,64+,65+,67-,75-/m0/s1. The SMILES string of the molecule is CN[C@H](CC(C)C)C(=O)N[C@H]1C(=O)N[C@@H](CC(N)=O)C(=O)N[C@H]2C(=O)N[C@H]3C(=O)N[C@H](C(=O)N[C@H](C(=O)O)c4cc(O)cc(O)c4-c4cc3ccc4O)[C@H](O)c3ccc(c(Cl)c3)Oc3cc2cc(c3OCCO[C@H]2C[C@](C)(NCc3ccc(-c4ccc(Cl)cc4)cc3)[C@@H](O)[C@H](C)O2)Oc2ccc(cc2Cl)[C@H]1O. The highest BCUT2D eigenvalue weighted by molar-refractivity contribution is 6.32. The number of halogens is 3. The highest BCUT2D eigenvalue weighted by Crippen LogP contribution is 2.49. The number of carboxylic acids is 1. The second-order valence-corrected chi connectivity index (χ2v) is 28.2. The van der Waals surface area contributed by atoms with Gasteiger partial charge in [-0.3, -0.25) is 33.6 Å². The van der Waals surface area contributed by atoms with Crippen molar-refractivity contribution >= 4 is 82.1 Å². The molecule has 13 atom stereocenters. The van der Waals surface area contributed by atoms with E-state index in [2.05, 4.69) is 42.5 Å². The van der Waals surface area contributed by atoms with E-state index in [0.717, 1.165) is 53.1 Å². The van der Waals surface area contributed by atoms with E-state index in [-0.39, 0.29) is 93.0 Å². The van der Waals surface area contributed by atoms with Crippen molar-refractivity contribution in [2.24, 2.45) is 11.7 Å². The lowest BCUT2D eigenvalue weighted by atomic mass is 9.85. The fourth-order valence-corrected chi connectivity index (χ4v) is 13.8. The zero-order valence-corrected chi connectivity index (χ0v) is 60.3. The van der Waals surface area contributed by atoms with Crippen molar-refractivity contribution in [1.29, 1.82) is 0 Å². The van der Waals surface area contributed by atoms with Gasteiger partial charge in [0.1, 0.15) is 77.8 Å². The molecule has 0 saturated carbocycles. The number of aliphatic carboxylic acids is 1. The van der Waals surface area contributed by atoms with Crippen molar-refractivity contribution in [2.45, 2.75) is 132 Å². The first-order valence-corrected chi connectivity index (χ1v) is 35.1. The molecule has 7 aromatic carbocycles. The van der Waals surface area contributed by atoms with Gasteiger partial charge in [-0.05, 0) is 139 Å². The summed E-state index contributed by atoms with van der Waals surface area (Å²) in [6.45, 7) is 6.94. The maximum Gasteiger partial charge on any atom is 0.330 e. The van der Waals surface area contributed by atoms with Crippen LogP contribution in [0.1, 0.15) is 111 Å². The van der Waals surface area contributed by atoms with Crippen molar-refractivity contribution in [2.75, 3.05) is 20.3 Å². The van der Waals surface area contributed by atoms with Crippen molar-refractivity contribution in [1.82, 2.24) is 42.5 Å². The monoisotopic (exact) mass is 1530 g/mol. The molecule has 6 aliphatic heterocycles. The van der Waals surface area contributed by atoms with Gasteiger partial charge in [0.2, 0.25) is 47.1 Å². The Morgan fingerprint density at radius 3 is 1.87 bits per heavy atom. The van der Waals surface area contributed by atoms with E-state index in [9.17, 15) is 59.7 Å². The number of aromatic hydroxyl groups is 3. The Morgan fingerprint density at radius 2 is 1.26 bits per heavy atom. The van der Waals surface area contributed by atoms with Crippen molar-refractivity contribution < 1.29 is 97.8 Å². The molecule has 0 aromatic heterocycles. The lowest BCUT2D eigenvalue weighted by molar-refractivity contribution is -0.242. The normalized spacial score (nSPS) is 24.0. The minimum Gasteiger partial charge on any atom is -0.508 e. The molecule has 29 nitrogen and oxygen atoms in total. The third kappa shape index (κ3) is 17.6. The molecule has 564 valence electrons. The molecule has 0 radical (unpaired) electrons. The maximum atomic E-state index is 16.0. The Hall–Kier alpha value is -10.3. The number of hydrogen-bond donors (Lipinski definition) is 16. The summed E-state index contributed by atoms with van der Waals surface area (Å²) in [5.41, 5.74) is 5.32. The van der Waals surface area contributed by atoms with E-state index in [1.807, 2.05) is 69.3 Å². The van der Waals surface area contributed by atoms with Gasteiger partial charge in [-0.15, -0.1) is 0 Å². The summed E-state index contributed by atoms with van der Waals surface area (Å²) in [7, 11) is 1.50. The molecule has 1 fully saturated rings. The van der Waals surface area contributed by atoms with Crippen LogP contribution in [0.5, 0.6) is 46.0 Å². The smallest absolute Gasteiger partial charge is 0.330 e. The first-order chi connectivity index (χ1) is 50.9. The summed E-state index contributed by atoms with van der Waals surface area (Å²) >= 11 is 20.3. The van der Waals surface area contributed by atoms with E-state index >= 15 is 14.4 Å². The van der Waals surface area contributed by atoms with Crippen LogP contribution in [0.25, 0.3) is 22.3 Å². The third-order valence-corrected chi connectivity index (χ3v) is 19.7. The van der Waals surface area contributed by atoms with Gasteiger partial charge in [0, 0.05) is 46.3 Å². The minimum atomic E-state index is -2.23. The minimum absolute atomic E-state index is 0.0634. The lowest BCUT2D eigenvalue weighted by Crippen LogP contribution is -2.62. The van der Waals surface area contributed by atoms with Gasteiger partial charge in [0.25, 0.3) is 0 Å². The number of carbonyl (C=O) groups excluding carboxylic acids is 7. The van der Waals surface area contributed by atoms with Crippen molar-refractivity contribution in [3.63, 3.8) is 0 Å². The van der Waals surface area contributed by atoms with Gasteiger partial charge in [-0.25, -0.2) is 4.79 Å². The predicted octanol–water partition coefficient (Wildman–Crippen LogP) is 6.45. The molecule has 1 saturated heterocycles. The predicted molar refractivity (Wildman–Crippen MR) is 387 cm³/mol. The number of amides is 7. The van der Waals surface area contributed by atoms with Crippen LogP contribution in [-0.4, -0.2) is 152 Å². The number of benzene rings is 7. The summed E-state index contributed by atoms with van der Waals surface area (Å²) in [6.07, 6.45) is -7.51. The second kappa shape index (κ2) is 32.8. The third-order valence-electron chi connectivity index (χ3n) is 18.8. The quantitative estimate of drug-likeness (QED) is 0.0435. The number of ether oxygens (including phenoxy) is 5. The summed E-state index contributed by atoms with van der Waals surface area (Å²) in [6, 6.07) is 16.3. The highest BCUT2D eigenvalue weighted by Gasteiger charge is 2.46. The Bertz CT molecular complexity index is 4590. The Kier molecular flexibility index (Phi) is 23.9. The molecule has 13 rings (SSSR count). The zero-order valence-electron chi connectivity index (χ0n) is 58.0. The number of nitrogens with two attached hydrogens (primary N) is 1. The van der Waals surface area contributed by atoms with E-state index in [0.29, 0.717) is 11.6 Å². The first-order valence-electron chi connectivity index (χ1n) is 33.9. The summed E-state index contributed by atoms with van der Waals surface area (Å²) in [4.78, 5) is 117. The number of primary amides is 1. The van der Waals surface area contributed by atoms with Crippen molar-refractivity contribution in [3.05, 3.63) is 176 Å². The molecule has 0 aliphatic carbocycles. The number of likely N-dealkylation sites (N-methyl/N-ethyl adjacent to an activating group) is 1. The second-order valence-electron chi connectivity index (χ2n) is 27.0. The Labute approximate surface area is 627 Å². The van der Waals surface area contributed by atoms with Crippen LogP contribution in [0.2, 0.25) is 15.1 Å². The molecule has 107 heavy (non-hydrogen) atoms. The maximum absolute atomic E-state index is 16.0. The van der Waals surface area contributed by atoms with E-state index in [4.69, 9.17) is 64.2 Å². The van der Waals surface area contributed by atoms with Crippen LogP contribution in [0.3, 0.4) is 0 Å². The fourth-order valence-electron chi connectivity index (χ4n) is 13.2. The van der Waals surface area contributed by atoms with Crippen LogP contribution in [0.4, 0.5) is 0 Å². The molecule has 6 aliphatic rings. The average molecular weight is 1530 g/mol. The molecular formula is C75H78Cl3N9O20. The average Bonchev–Trinajstić information content (AvgIpc) is 0.785. The number of rotatable bonds is 17. The first kappa shape index (κ1) is 77.8. The molecular weight excluding hydrogens is 1450 g/mol. The van der Waals surface area contributed by atoms with Crippen molar-refractivity contribution in [3.8, 4) is 68.2 Å². The zero-order chi connectivity index (χ0) is 77.0. The van der Waals surface area contributed by atoms with Gasteiger partial charge in [0.15, 0.2) is 23.8 Å². The number of hydrogen-bond acceptors (Lipinski definition) is 21. The van der Waals surface area contributed by atoms with Crippen LogP contribution >= 0.6 is 34.8 Å². The number of phenolic OH excluding ortho intramolecular Hbond substituents is 3. The van der Waals surface area contributed by atoms with Gasteiger partial charge in [0.05, 0.1) is 41.3 Å². The molecule has 6 heterocycles. The summed E-state index contributed by atoms with van der Waals surface area (Å²) in [5.74, 6) is -14.2. The fraction of sp³-hybridized carbons (Fsp3) is 0.333. The molecule has 17 N–H and O–H groups in total. The molecule has 7 aromatic rings. The van der Waals surface area contributed by atoms with Gasteiger partial charge < -0.3 is 108 Å². The van der Waals surface area contributed by atoms with E-state index in [1.54, 1.807) is 6.92 Å².